The van der Waals surface area contributed by atoms with Gasteiger partial charge >= 0.3 is 11.9 Å². The predicted octanol–water partition coefficient (Wildman–Crippen LogP) is 3.84. The van der Waals surface area contributed by atoms with Crippen molar-refractivity contribution in [3.8, 4) is 5.75 Å². The van der Waals surface area contributed by atoms with Crippen molar-refractivity contribution in [1.29, 1.82) is 0 Å². The lowest BCUT2D eigenvalue weighted by Crippen LogP contribution is -2.28. The quantitative estimate of drug-likeness (QED) is 0.418. The number of rotatable bonds is 8. The molecule has 0 saturated heterocycles. The third-order valence-corrected chi connectivity index (χ3v) is 5.46. The number of methoxy groups -OCH3 is 2. The highest BCUT2D eigenvalue weighted by Crippen LogP contribution is 2.25. The Balaban J connectivity index is 1.62. The lowest BCUT2D eigenvalue weighted by Gasteiger charge is -2.13. The number of aryl methyl sites for hydroxylation is 1. The summed E-state index contributed by atoms with van der Waals surface area (Å²) in [6, 6.07) is 15.7. The minimum Gasteiger partial charge on any atom is -0.492 e. The number of esters is 2. The van der Waals surface area contributed by atoms with Crippen LogP contribution in [0.5, 0.6) is 5.75 Å². The Morgan fingerprint density at radius 1 is 0.933 bits per heavy atom. The third-order valence-electron chi connectivity index (χ3n) is 5.46. The van der Waals surface area contributed by atoms with Crippen LogP contribution in [0, 0.1) is 19.8 Å². The molecule has 0 amide bonds. The summed E-state index contributed by atoms with van der Waals surface area (Å²) in [4.78, 5) is 23.7. The van der Waals surface area contributed by atoms with E-state index in [0.29, 0.717) is 6.61 Å². The van der Waals surface area contributed by atoms with E-state index in [-0.39, 0.29) is 6.42 Å². The molecule has 3 rings (SSSR count). The molecule has 1 aromatic heterocycles. The standard InChI is InChI=1S/C24H27NO5/c1-16-17(2)25(22-8-6-5-7-20(16)22)13-14-30-19-11-9-18(10-12-19)15-21(23(26)28-3)24(27)29-4/h5-12,21H,13-15H2,1-4H3. The number of para-hydroxylation sites is 1. The molecule has 158 valence electrons. The topological polar surface area (TPSA) is 66.8 Å². The molecule has 3 aromatic rings. The van der Waals surface area contributed by atoms with Crippen molar-refractivity contribution < 1.29 is 23.8 Å². The Morgan fingerprint density at radius 3 is 2.20 bits per heavy atom. The van der Waals surface area contributed by atoms with Gasteiger partial charge in [-0.25, -0.2) is 0 Å². The highest BCUT2D eigenvalue weighted by atomic mass is 16.5. The summed E-state index contributed by atoms with van der Waals surface area (Å²) in [7, 11) is 2.51. The number of ether oxygens (including phenoxy) is 3. The van der Waals surface area contributed by atoms with Gasteiger partial charge in [0.05, 0.1) is 20.8 Å². The summed E-state index contributed by atoms with van der Waals surface area (Å²) in [6.45, 7) is 5.55. The average Bonchev–Trinajstić information content (AvgIpc) is 3.02. The summed E-state index contributed by atoms with van der Waals surface area (Å²) in [5.41, 5.74) is 4.57. The van der Waals surface area contributed by atoms with E-state index in [4.69, 9.17) is 14.2 Å². The van der Waals surface area contributed by atoms with Gasteiger partial charge in [0.15, 0.2) is 5.92 Å². The summed E-state index contributed by atoms with van der Waals surface area (Å²) in [5, 5.41) is 1.27. The van der Waals surface area contributed by atoms with Gasteiger partial charge in [-0.05, 0) is 49.6 Å². The molecule has 0 fully saturated rings. The molecule has 6 nitrogen and oxygen atoms in total. The van der Waals surface area contributed by atoms with Gasteiger partial charge in [0.1, 0.15) is 12.4 Å². The molecule has 0 aliphatic rings. The number of benzene rings is 2. The van der Waals surface area contributed by atoms with Gasteiger partial charge in [-0.3, -0.25) is 9.59 Å². The second-order valence-electron chi connectivity index (χ2n) is 7.17. The van der Waals surface area contributed by atoms with Gasteiger partial charge in [-0.2, -0.15) is 0 Å². The molecule has 2 aromatic carbocycles. The van der Waals surface area contributed by atoms with E-state index < -0.39 is 17.9 Å². The highest BCUT2D eigenvalue weighted by molar-refractivity contribution is 5.95. The first-order valence-electron chi connectivity index (χ1n) is 9.88. The Labute approximate surface area is 176 Å². The molecule has 1 heterocycles. The molecule has 0 bridgehead atoms. The van der Waals surface area contributed by atoms with Gasteiger partial charge in [-0.1, -0.05) is 30.3 Å². The SMILES string of the molecule is COC(=O)C(Cc1ccc(OCCn2c(C)c(C)c3ccccc32)cc1)C(=O)OC. The van der Waals surface area contributed by atoms with Crippen molar-refractivity contribution in [3.05, 3.63) is 65.4 Å². The van der Waals surface area contributed by atoms with Crippen LogP contribution < -0.4 is 4.74 Å². The molecule has 0 saturated carbocycles. The summed E-state index contributed by atoms with van der Waals surface area (Å²) >= 11 is 0. The normalized spacial score (nSPS) is 11.0. The van der Waals surface area contributed by atoms with Gasteiger partial charge in [0, 0.05) is 16.6 Å². The number of aromatic nitrogens is 1. The van der Waals surface area contributed by atoms with Crippen LogP contribution in [0.25, 0.3) is 10.9 Å². The molecule has 0 aliphatic heterocycles. The van der Waals surface area contributed by atoms with E-state index >= 15 is 0 Å². The summed E-state index contributed by atoms with van der Waals surface area (Å²) in [5.74, 6) is -1.45. The number of fused-ring (bicyclic) bond motifs is 1. The fraction of sp³-hybridized carbons (Fsp3) is 0.333. The second-order valence-corrected chi connectivity index (χ2v) is 7.17. The van der Waals surface area contributed by atoms with Crippen LogP contribution in [0.1, 0.15) is 16.8 Å². The van der Waals surface area contributed by atoms with Crippen molar-refractivity contribution in [1.82, 2.24) is 4.57 Å². The zero-order chi connectivity index (χ0) is 21.7. The van der Waals surface area contributed by atoms with Gasteiger partial charge in [0.25, 0.3) is 0 Å². The fourth-order valence-electron chi connectivity index (χ4n) is 3.65. The molecule has 0 atom stereocenters. The summed E-state index contributed by atoms with van der Waals surface area (Å²) in [6.07, 6.45) is 0.216. The molecule has 0 unspecified atom stereocenters. The molecule has 0 aliphatic carbocycles. The van der Waals surface area contributed by atoms with Crippen molar-refractivity contribution >= 4 is 22.8 Å². The number of carbonyl (C=O) groups excluding carboxylic acids is 2. The maximum absolute atomic E-state index is 11.8. The van der Waals surface area contributed by atoms with E-state index in [0.717, 1.165) is 17.9 Å². The number of nitrogens with zero attached hydrogens (tertiary/aromatic N) is 1. The van der Waals surface area contributed by atoms with Crippen LogP contribution in [0.15, 0.2) is 48.5 Å². The Hall–Kier alpha value is -3.28. The summed E-state index contributed by atoms with van der Waals surface area (Å²) < 4.78 is 17.6. The van der Waals surface area contributed by atoms with Crippen LogP contribution in [-0.2, 0) is 32.0 Å². The Bertz CT molecular complexity index is 1020. The van der Waals surface area contributed by atoms with E-state index in [1.165, 1.54) is 36.4 Å². The van der Waals surface area contributed by atoms with E-state index in [1.807, 2.05) is 30.3 Å². The maximum Gasteiger partial charge on any atom is 0.320 e. The molecule has 6 heteroatoms. The van der Waals surface area contributed by atoms with Crippen LogP contribution in [0.3, 0.4) is 0 Å². The first-order chi connectivity index (χ1) is 14.5. The Kier molecular flexibility index (Phi) is 6.77. The van der Waals surface area contributed by atoms with Crippen LogP contribution in [0.4, 0.5) is 0 Å². The zero-order valence-corrected chi connectivity index (χ0v) is 17.8. The number of hydrogen-bond acceptors (Lipinski definition) is 5. The van der Waals surface area contributed by atoms with E-state index in [1.54, 1.807) is 0 Å². The number of carbonyl (C=O) groups is 2. The second kappa shape index (κ2) is 9.48. The van der Waals surface area contributed by atoms with Crippen LogP contribution >= 0.6 is 0 Å². The minimum absolute atomic E-state index is 0.216. The maximum atomic E-state index is 11.8. The molecule has 0 spiro atoms. The fourth-order valence-corrected chi connectivity index (χ4v) is 3.65. The first-order valence-corrected chi connectivity index (χ1v) is 9.88. The zero-order valence-electron chi connectivity index (χ0n) is 17.8. The van der Waals surface area contributed by atoms with Gasteiger partial charge in [0.2, 0.25) is 0 Å². The predicted molar refractivity (Wildman–Crippen MR) is 115 cm³/mol. The monoisotopic (exact) mass is 409 g/mol. The van der Waals surface area contributed by atoms with Crippen LogP contribution in [0.2, 0.25) is 0 Å². The Morgan fingerprint density at radius 2 is 1.57 bits per heavy atom. The lowest BCUT2D eigenvalue weighted by atomic mass is 9.99. The van der Waals surface area contributed by atoms with Gasteiger partial charge in [-0.15, -0.1) is 0 Å². The van der Waals surface area contributed by atoms with Crippen molar-refractivity contribution in [2.75, 3.05) is 20.8 Å². The van der Waals surface area contributed by atoms with Crippen molar-refractivity contribution in [2.24, 2.45) is 5.92 Å². The molecule has 0 N–H and O–H groups in total. The third kappa shape index (κ3) is 4.48. The lowest BCUT2D eigenvalue weighted by molar-refractivity contribution is -0.158. The molecular formula is C24H27NO5. The molecular weight excluding hydrogens is 382 g/mol. The van der Waals surface area contributed by atoms with E-state index in [9.17, 15) is 9.59 Å². The van der Waals surface area contributed by atoms with E-state index in [2.05, 4.69) is 36.6 Å². The highest BCUT2D eigenvalue weighted by Gasteiger charge is 2.28. The average molecular weight is 409 g/mol. The minimum atomic E-state index is -0.972. The number of hydrogen-bond donors (Lipinski definition) is 0. The smallest absolute Gasteiger partial charge is 0.320 e. The van der Waals surface area contributed by atoms with Crippen molar-refractivity contribution in [2.45, 2.75) is 26.8 Å². The largest absolute Gasteiger partial charge is 0.492 e. The first kappa shape index (κ1) is 21.4. The molecule has 0 radical (unpaired) electrons. The molecule has 30 heavy (non-hydrogen) atoms. The van der Waals surface area contributed by atoms with Gasteiger partial charge < -0.3 is 18.8 Å². The van der Waals surface area contributed by atoms with Crippen LogP contribution in [-0.4, -0.2) is 37.3 Å². The van der Waals surface area contributed by atoms with Crippen molar-refractivity contribution in [3.63, 3.8) is 0 Å².